The van der Waals surface area contributed by atoms with Gasteiger partial charge < -0.3 is 9.84 Å². The van der Waals surface area contributed by atoms with Gasteiger partial charge in [-0.25, -0.2) is 0 Å². The van der Waals surface area contributed by atoms with E-state index in [9.17, 15) is 4.79 Å². The number of allylic oxidation sites excluding steroid dienone is 1. The number of hydrogen-bond donors (Lipinski definition) is 1. The van der Waals surface area contributed by atoms with Crippen LogP contribution in [0.5, 0.6) is 0 Å². The van der Waals surface area contributed by atoms with E-state index in [4.69, 9.17) is 21.1 Å². The van der Waals surface area contributed by atoms with Crippen LogP contribution in [-0.4, -0.2) is 23.7 Å². The number of esters is 1. The maximum absolute atomic E-state index is 12.5. The van der Waals surface area contributed by atoms with Crippen molar-refractivity contribution in [1.82, 2.24) is 0 Å². The second-order valence-corrected chi connectivity index (χ2v) is 15.4. The zero-order valence-electron chi connectivity index (χ0n) is 26.7. The molecule has 4 nitrogen and oxygen atoms in total. The van der Waals surface area contributed by atoms with Crippen molar-refractivity contribution < 1.29 is 19.4 Å². The molecule has 0 aromatic rings. The first kappa shape index (κ1) is 32.8. The van der Waals surface area contributed by atoms with Crippen LogP contribution in [0.15, 0.2) is 12.7 Å². The molecule has 0 aromatic heterocycles. The number of ether oxygens (including phenoxy) is 1. The van der Waals surface area contributed by atoms with Crippen LogP contribution in [0.25, 0.3) is 0 Å². The zero-order chi connectivity index (χ0) is 30.0. The second-order valence-electron chi connectivity index (χ2n) is 15.4. The smallest absolute Gasteiger partial charge is 0.307 e. The van der Waals surface area contributed by atoms with E-state index in [2.05, 4.69) is 54.0 Å². The summed E-state index contributed by atoms with van der Waals surface area (Å²) >= 11 is 0. The fraction of sp³-hybridized carbons (Fsp3) is 0.833. The Morgan fingerprint density at radius 2 is 1.57 bits per heavy atom. The summed E-state index contributed by atoms with van der Waals surface area (Å²) < 4.78 is 6.09. The third-order valence-corrected chi connectivity index (χ3v) is 13.5. The van der Waals surface area contributed by atoms with Gasteiger partial charge in [-0.2, -0.15) is 0 Å². The maximum atomic E-state index is 12.5. The average Bonchev–Trinajstić information content (AvgIpc) is 3.28. The summed E-state index contributed by atoms with van der Waals surface area (Å²) in [4.78, 5) is 20.8. The Kier molecular flexibility index (Phi) is 10.0. The van der Waals surface area contributed by atoms with Gasteiger partial charge in [-0.3, -0.25) is 9.59 Å². The minimum Gasteiger partial charge on any atom is -0.483 e. The van der Waals surface area contributed by atoms with Crippen molar-refractivity contribution in [2.75, 3.05) is 0 Å². The van der Waals surface area contributed by atoms with E-state index in [0.29, 0.717) is 40.4 Å². The molecule has 5 aliphatic rings. The van der Waals surface area contributed by atoms with Gasteiger partial charge >= 0.3 is 5.97 Å². The average molecular weight is 555 g/mol. The summed E-state index contributed by atoms with van der Waals surface area (Å²) in [6.45, 7) is 20.5. The summed E-state index contributed by atoms with van der Waals surface area (Å²) in [6, 6.07) is 0. The fourth-order valence-corrected chi connectivity index (χ4v) is 11.5. The summed E-state index contributed by atoms with van der Waals surface area (Å²) in [6.07, 6.45) is 23.0. The van der Waals surface area contributed by atoms with Crippen molar-refractivity contribution in [2.45, 2.75) is 138 Å². The second kappa shape index (κ2) is 12.2. The van der Waals surface area contributed by atoms with E-state index in [-0.39, 0.29) is 24.0 Å². The topological polar surface area (TPSA) is 63.6 Å². The van der Waals surface area contributed by atoms with E-state index < -0.39 is 0 Å². The molecule has 0 saturated heterocycles. The van der Waals surface area contributed by atoms with E-state index >= 15 is 0 Å². The van der Waals surface area contributed by atoms with Crippen molar-refractivity contribution >= 4 is 12.4 Å². The van der Waals surface area contributed by atoms with Crippen LogP contribution in [0.4, 0.5) is 0 Å². The lowest BCUT2D eigenvalue weighted by molar-refractivity contribution is -0.247. The first-order valence-electron chi connectivity index (χ1n) is 16.0. The third kappa shape index (κ3) is 5.29. The molecule has 0 spiro atoms. The predicted molar refractivity (Wildman–Crippen MR) is 163 cm³/mol. The van der Waals surface area contributed by atoms with Gasteiger partial charge in [-0.05, 0) is 116 Å². The van der Waals surface area contributed by atoms with E-state index in [0.717, 1.165) is 24.2 Å². The first-order valence-corrected chi connectivity index (χ1v) is 16.0. The quantitative estimate of drug-likeness (QED) is 0.164. The van der Waals surface area contributed by atoms with E-state index in [1.807, 2.05) is 6.92 Å². The molecule has 1 N–H and O–H groups in total. The van der Waals surface area contributed by atoms with Crippen molar-refractivity contribution in [2.24, 2.45) is 50.7 Å². The number of rotatable bonds is 3. The molecule has 7 unspecified atom stereocenters. The number of hydrogen-bond acceptors (Lipinski definition) is 3. The summed E-state index contributed by atoms with van der Waals surface area (Å²) in [5, 5.41) is 6.89. The standard InChI is InChI=1S/C32H50O2.C3H6.CH2O2/c1-8-9-12-27(33)34-26-16-18-30(5)24(28(26,2)3)15-19-32(7)25(30)14-13-23-22-11-10-17-29(22,4)20-21-31(23,32)6;1-3-2;2-1-3/h1,22-26H,9-21H2,2-7H3;3H,1H2,2H3;1H,(H,2,3)/t22-,23?,24?,25?,26?,29?,30?,31-,32?;;/m1../s1. The number of carbonyl (C=O) groups excluding carboxylic acids is 1. The van der Waals surface area contributed by atoms with Gasteiger partial charge in [0, 0.05) is 11.8 Å². The van der Waals surface area contributed by atoms with Crippen molar-refractivity contribution in [3.63, 3.8) is 0 Å². The minimum atomic E-state index is -0.250. The van der Waals surface area contributed by atoms with Crippen LogP contribution < -0.4 is 0 Å². The van der Waals surface area contributed by atoms with Crippen LogP contribution in [0.2, 0.25) is 0 Å². The van der Waals surface area contributed by atoms with E-state index in [1.165, 1.54) is 64.2 Å². The Morgan fingerprint density at radius 1 is 0.925 bits per heavy atom. The summed E-state index contributed by atoms with van der Waals surface area (Å²) in [7, 11) is 0. The highest BCUT2D eigenvalue weighted by Gasteiger charge is 2.69. The molecular weight excluding hydrogens is 496 g/mol. The molecule has 0 aromatic carbocycles. The van der Waals surface area contributed by atoms with Crippen molar-refractivity contribution in [3.8, 4) is 12.3 Å². The molecule has 226 valence electrons. The number of terminal acetylenes is 1. The van der Waals surface area contributed by atoms with Gasteiger partial charge in [-0.15, -0.1) is 18.9 Å². The van der Waals surface area contributed by atoms with Crippen molar-refractivity contribution in [3.05, 3.63) is 12.7 Å². The molecule has 5 saturated carbocycles. The van der Waals surface area contributed by atoms with Crippen LogP contribution in [0.1, 0.15) is 132 Å². The first-order chi connectivity index (χ1) is 18.8. The molecule has 9 atom stereocenters. The lowest BCUT2D eigenvalue weighted by atomic mass is 9.32. The van der Waals surface area contributed by atoms with Gasteiger partial charge in [0.2, 0.25) is 0 Å². The Balaban J connectivity index is 0.000000676. The molecule has 0 bridgehead atoms. The fourth-order valence-electron chi connectivity index (χ4n) is 11.5. The summed E-state index contributed by atoms with van der Waals surface area (Å²) in [5.41, 5.74) is 1.92. The summed E-state index contributed by atoms with van der Waals surface area (Å²) in [5.74, 6) is 5.79. The van der Waals surface area contributed by atoms with Crippen LogP contribution in [-0.2, 0) is 14.3 Å². The molecule has 40 heavy (non-hydrogen) atoms. The molecule has 5 rings (SSSR count). The Morgan fingerprint density at radius 3 is 2.20 bits per heavy atom. The highest BCUT2D eigenvalue weighted by molar-refractivity contribution is 5.70. The Hall–Kier alpha value is -1.76. The van der Waals surface area contributed by atoms with Gasteiger partial charge in [0.1, 0.15) is 6.10 Å². The zero-order valence-corrected chi connectivity index (χ0v) is 26.7. The molecule has 4 heteroatoms. The Bertz CT molecular complexity index is 956. The minimum absolute atomic E-state index is 0.0223. The maximum Gasteiger partial charge on any atom is 0.307 e. The van der Waals surface area contributed by atoms with Gasteiger partial charge in [-0.1, -0.05) is 54.0 Å². The molecule has 0 heterocycles. The van der Waals surface area contributed by atoms with Crippen LogP contribution in [0, 0.1) is 63.1 Å². The normalized spacial score (nSPS) is 44.2. The lowest BCUT2D eigenvalue weighted by Gasteiger charge is -2.72. The largest absolute Gasteiger partial charge is 0.483 e. The van der Waals surface area contributed by atoms with Crippen LogP contribution in [0.3, 0.4) is 0 Å². The molecule has 0 radical (unpaired) electrons. The monoisotopic (exact) mass is 554 g/mol. The molecule has 5 aliphatic carbocycles. The van der Waals surface area contributed by atoms with Crippen molar-refractivity contribution in [1.29, 1.82) is 0 Å². The van der Waals surface area contributed by atoms with E-state index in [1.54, 1.807) is 6.08 Å². The van der Waals surface area contributed by atoms with Gasteiger partial charge in [0.25, 0.3) is 6.47 Å². The molecular formula is C36H58O4. The van der Waals surface area contributed by atoms with Gasteiger partial charge in [0.15, 0.2) is 0 Å². The van der Waals surface area contributed by atoms with Crippen LogP contribution >= 0.6 is 0 Å². The lowest BCUT2D eigenvalue weighted by Crippen LogP contribution is -2.66. The highest BCUT2D eigenvalue weighted by Crippen LogP contribution is 2.76. The molecule has 0 amide bonds. The number of carbonyl (C=O) groups is 2. The Labute approximate surface area is 245 Å². The predicted octanol–water partition coefficient (Wildman–Crippen LogP) is 9.08. The number of carboxylic acid groups (broad SMARTS) is 1. The number of fused-ring (bicyclic) bond motifs is 7. The molecule has 0 aliphatic heterocycles. The third-order valence-electron chi connectivity index (χ3n) is 13.5. The van der Waals surface area contributed by atoms with Gasteiger partial charge in [0.05, 0.1) is 6.42 Å². The SMILES string of the molecule is C#CCCC(=O)OC1CCC2(C)C(CCC3(C)C2CCC2[C@H]4CCCC4(C)CC[C@]23C)C1(C)C.C=CC.O=CO. The molecule has 5 fully saturated rings. The highest BCUT2D eigenvalue weighted by atomic mass is 16.5.